The van der Waals surface area contributed by atoms with E-state index >= 15 is 0 Å². The van der Waals surface area contributed by atoms with Gasteiger partial charge in [-0.1, -0.05) is 177 Å². The Kier molecular flexibility index (Phi) is 21.7. The number of benzene rings is 6. The number of para-hydroxylation sites is 4. The SMILES string of the molecule is CC.CC.CC.CC.Cc1c(Cc2c(C)c(C)[n+](Cc3ccc(CN4/C(=N/N=C5\Cc6ccccc6N5C)Cc5ccccc54)cc3)c(C)c2C)c(C)c(C)[n+](Cc2ccc(CN3/C(=N\N=C4/Cc5ccccc5N4C)Cc4ccccc43)cc2)c1C. The van der Waals surface area contributed by atoms with Crippen molar-refractivity contribution in [1.29, 1.82) is 0 Å². The van der Waals surface area contributed by atoms with E-state index in [4.69, 9.17) is 20.4 Å². The van der Waals surface area contributed by atoms with E-state index in [-0.39, 0.29) is 0 Å². The van der Waals surface area contributed by atoms with Gasteiger partial charge in [-0.25, -0.2) is 0 Å². The average Bonchev–Trinajstić information content (AvgIpc) is 3.45. The van der Waals surface area contributed by atoms with Gasteiger partial charge in [-0.3, -0.25) is 0 Å². The van der Waals surface area contributed by atoms with Gasteiger partial charge in [0, 0.05) is 137 Å². The summed E-state index contributed by atoms with van der Waals surface area (Å²) in [6.45, 7) is 37.6. The van der Waals surface area contributed by atoms with E-state index < -0.39 is 0 Å². The van der Waals surface area contributed by atoms with Crippen LogP contribution in [0.2, 0.25) is 0 Å². The molecule has 0 aliphatic carbocycles. The van der Waals surface area contributed by atoms with E-state index in [0.717, 1.165) is 81.6 Å². The van der Waals surface area contributed by atoms with Gasteiger partial charge >= 0.3 is 0 Å². The third-order valence-corrected chi connectivity index (χ3v) is 18.0. The maximum atomic E-state index is 4.92. The number of rotatable bonds is 12. The number of hydrogen-bond acceptors (Lipinski definition) is 4. The van der Waals surface area contributed by atoms with Crippen LogP contribution in [0.25, 0.3) is 0 Å². The lowest BCUT2D eigenvalue weighted by Crippen LogP contribution is -2.43. The molecule has 0 unspecified atom stereocenters. The zero-order valence-corrected chi connectivity index (χ0v) is 55.7. The predicted octanol–water partition coefficient (Wildman–Crippen LogP) is 16.5. The van der Waals surface area contributed by atoms with E-state index in [2.05, 4.69) is 244 Å². The third-order valence-electron chi connectivity index (χ3n) is 18.0. The first kappa shape index (κ1) is 64.5. The number of hydrogen-bond donors (Lipinski definition) is 0. The first-order valence-corrected chi connectivity index (χ1v) is 32.0. The minimum absolute atomic E-state index is 0.735. The Morgan fingerprint density at radius 1 is 0.322 bits per heavy atom. The Bertz CT molecular complexity index is 3540. The van der Waals surface area contributed by atoms with Crippen LogP contribution in [-0.4, -0.2) is 37.4 Å². The fourth-order valence-electron chi connectivity index (χ4n) is 12.6. The summed E-state index contributed by atoms with van der Waals surface area (Å²) in [5.41, 5.74) is 28.7. The minimum atomic E-state index is 0.735. The van der Waals surface area contributed by atoms with Gasteiger partial charge in [0.1, 0.15) is 23.3 Å². The van der Waals surface area contributed by atoms with Crippen molar-refractivity contribution >= 4 is 46.1 Å². The first-order chi connectivity index (χ1) is 42.3. The highest BCUT2D eigenvalue weighted by molar-refractivity contribution is 6.09. The molecule has 4 aliphatic rings. The lowest BCUT2D eigenvalue weighted by Gasteiger charge is -2.21. The molecule has 0 saturated heterocycles. The molecule has 2 aromatic heterocycles. The number of pyridine rings is 2. The third kappa shape index (κ3) is 13.4. The van der Waals surface area contributed by atoms with Crippen molar-refractivity contribution in [2.24, 2.45) is 20.4 Å². The number of aromatic nitrogens is 2. The van der Waals surface area contributed by atoms with Crippen LogP contribution in [0.1, 0.15) is 156 Å². The van der Waals surface area contributed by atoms with Gasteiger partial charge in [0.05, 0.1) is 0 Å². The molecule has 0 bridgehead atoms. The molecular weight excluding hydrogens is 1060 g/mol. The summed E-state index contributed by atoms with van der Waals surface area (Å²) >= 11 is 0. The molecule has 6 aromatic carbocycles. The van der Waals surface area contributed by atoms with E-state index in [1.807, 2.05) is 55.4 Å². The Balaban J connectivity index is 0.00000118. The maximum Gasteiger partial charge on any atom is 0.181 e. The Morgan fingerprint density at radius 3 is 0.885 bits per heavy atom. The van der Waals surface area contributed by atoms with Gasteiger partial charge in [-0.15, -0.1) is 20.4 Å². The quantitative estimate of drug-likeness (QED) is 0.0903. The number of likely N-dealkylation sites (N-methyl/N-ethyl adjacent to an activating group) is 2. The molecule has 0 amide bonds. The van der Waals surface area contributed by atoms with Crippen molar-refractivity contribution in [3.8, 4) is 0 Å². The molecule has 452 valence electrons. The Hall–Kier alpha value is -8.50. The second-order valence-corrected chi connectivity index (χ2v) is 22.4. The van der Waals surface area contributed by atoms with Gasteiger partial charge in [0.25, 0.3) is 0 Å². The zero-order chi connectivity index (χ0) is 62.6. The highest BCUT2D eigenvalue weighted by Crippen LogP contribution is 2.35. The fourth-order valence-corrected chi connectivity index (χ4v) is 12.6. The summed E-state index contributed by atoms with van der Waals surface area (Å²) in [6.07, 6.45) is 4.04. The molecule has 0 saturated carbocycles. The molecule has 87 heavy (non-hydrogen) atoms. The van der Waals surface area contributed by atoms with Crippen molar-refractivity contribution in [3.63, 3.8) is 0 Å². The van der Waals surface area contributed by atoms with Crippen LogP contribution in [0, 0.1) is 55.4 Å². The summed E-state index contributed by atoms with van der Waals surface area (Å²) < 4.78 is 5.03. The van der Waals surface area contributed by atoms with Crippen LogP contribution >= 0.6 is 0 Å². The lowest BCUT2D eigenvalue weighted by atomic mass is 9.89. The van der Waals surface area contributed by atoms with Crippen LogP contribution in [-0.2, 0) is 58.3 Å². The summed E-state index contributed by atoms with van der Waals surface area (Å²) in [4.78, 5) is 9.02. The molecule has 0 radical (unpaired) electrons. The molecule has 0 N–H and O–H groups in total. The smallest absolute Gasteiger partial charge is 0.181 e. The van der Waals surface area contributed by atoms with Crippen LogP contribution in [0.15, 0.2) is 166 Å². The molecule has 0 fully saturated rings. The standard InChI is InChI=1S/C69H72N10.4C2H6/c1-44-48(5)76(40-52-27-31-54(32-28-52)42-78-64-25-17-13-21-58(64)37-68(78)72-70-66-35-56-19-11-15-23-62(56)74(66)9)49(6)45(2)60(44)39-61-46(3)50(7)77(51(8)47(61)4)41-53-29-33-55(34-30-53)43-79-65-26-18-14-22-59(65)38-69(79)73-71-67-36-57-20-12-16-24-63(57)75(67)10;4*1-2/h11-34H,35-43H2,1-10H3;4*1-2H3/q+2;;;;/b70-66+,71-67+,72-68-,73-69+;;;;. The number of fused-ring (bicyclic) bond motifs is 4. The largest absolute Gasteiger partial charge is 0.331 e. The molecule has 10 nitrogen and oxygen atoms in total. The van der Waals surface area contributed by atoms with Crippen LogP contribution in [0.4, 0.5) is 22.7 Å². The van der Waals surface area contributed by atoms with Gasteiger partial charge in [-0.05, 0) is 103 Å². The molecule has 4 aliphatic heterocycles. The van der Waals surface area contributed by atoms with Crippen molar-refractivity contribution < 1.29 is 9.13 Å². The molecule has 6 heterocycles. The van der Waals surface area contributed by atoms with E-state index in [1.54, 1.807) is 0 Å². The molecule has 12 rings (SSSR count). The van der Waals surface area contributed by atoms with Crippen LogP contribution in [0.3, 0.4) is 0 Å². The molecular formula is C77H96N10+2. The summed E-state index contributed by atoms with van der Waals surface area (Å²) in [6, 6.07) is 52.8. The van der Waals surface area contributed by atoms with E-state index in [9.17, 15) is 0 Å². The number of nitrogens with zero attached hydrogens (tertiary/aromatic N) is 10. The molecule has 10 heteroatoms. The number of anilines is 4. The van der Waals surface area contributed by atoms with Gasteiger partial charge in [-0.2, -0.15) is 9.13 Å². The van der Waals surface area contributed by atoms with Crippen LogP contribution < -0.4 is 28.7 Å². The van der Waals surface area contributed by atoms with Crippen molar-refractivity contribution in [2.45, 2.75) is 169 Å². The fraction of sp³-hybridized carbons (Fsp3) is 0.351. The summed E-state index contributed by atoms with van der Waals surface area (Å²) in [5, 5.41) is 19.5. The monoisotopic (exact) mass is 1160 g/mol. The minimum Gasteiger partial charge on any atom is -0.331 e. The normalized spacial score (nSPS) is 15.3. The van der Waals surface area contributed by atoms with Crippen LogP contribution in [0.5, 0.6) is 0 Å². The molecule has 0 spiro atoms. The second kappa shape index (κ2) is 29.3. The Labute approximate surface area is 522 Å². The average molecular weight is 1160 g/mol. The summed E-state index contributed by atoms with van der Waals surface area (Å²) in [7, 11) is 4.17. The topological polar surface area (TPSA) is 70.2 Å². The van der Waals surface area contributed by atoms with Gasteiger partial charge in [0.2, 0.25) is 0 Å². The lowest BCUT2D eigenvalue weighted by molar-refractivity contribution is -0.700. The van der Waals surface area contributed by atoms with Crippen molar-refractivity contribution in [3.05, 3.63) is 246 Å². The summed E-state index contributed by atoms with van der Waals surface area (Å²) in [5.74, 6) is 3.91. The van der Waals surface area contributed by atoms with Crippen molar-refractivity contribution in [1.82, 2.24) is 0 Å². The maximum absolute atomic E-state index is 4.92. The van der Waals surface area contributed by atoms with Crippen molar-refractivity contribution in [2.75, 3.05) is 33.7 Å². The molecule has 8 aromatic rings. The predicted molar refractivity (Wildman–Crippen MR) is 370 cm³/mol. The van der Waals surface area contributed by atoms with E-state index in [0.29, 0.717) is 0 Å². The number of amidine groups is 4. The Morgan fingerprint density at radius 2 is 0.575 bits per heavy atom. The van der Waals surface area contributed by atoms with Gasteiger partial charge < -0.3 is 19.6 Å². The second-order valence-electron chi connectivity index (χ2n) is 22.4. The van der Waals surface area contributed by atoms with E-state index in [1.165, 1.54) is 123 Å². The van der Waals surface area contributed by atoms with Gasteiger partial charge in [0.15, 0.2) is 35.9 Å². The molecule has 0 atom stereocenters. The zero-order valence-electron chi connectivity index (χ0n) is 55.7. The highest BCUT2D eigenvalue weighted by Gasteiger charge is 2.31. The highest BCUT2D eigenvalue weighted by atomic mass is 15.4. The first-order valence-electron chi connectivity index (χ1n) is 32.0.